The van der Waals surface area contributed by atoms with E-state index in [4.69, 9.17) is 4.74 Å². The molecule has 0 radical (unpaired) electrons. The third-order valence-electron chi connectivity index (χ3n) is 4.52. The van der Waals surface area contributed by atoms with E-state index in [1.54, 1.807) is 6.92 Å². The van der Waals surface area contributed by atoms with Crippen LogP contribution in [0.15, 0.2) is 11.6 Å². The van der Waals surface area contributed by atoms with Crippen LogP contribution in [0.25, 0.3) is 0 Å². The average Bonchev–Trinajstić information content (AvgIpc) is 2.66. The van der Waals surface area contributed by atoms with Crippen molar-refractivity contribution in [3.05, 3.63) is 21.8 Å². The summed E-state index contributed by atoms with van der Waals surface area (Å²) in [6, 6.07) is 0. The van der Waals surface area contributed by atoms with Gasteiger partial charge in [-0.05, 0) is 38.0 Å². The van der Waals surface area contributed by atoms with Crippen molar-refractivity contribution in [2.75, 3.05) is 13.2 Å². The molecule has 0 aromatic rings. The lowest BCUT2D eigenvalue weighted by molar-refractivity contribution is -0.505. The highest BCUT2D eigenvalue weighted by Crippen LogP contribution is 2.60. The van der Waals surface area contributed by atoms with E-state index < -0.39 is 5.41 Å². The molecule has 0 amide bonds. The number of rotatable bonds is 6. The molecule has 0 bridgehead atoms. The maximum atomic E-state index is 11.7. The molecule has 0 spiro atoms. The zero-order chi connectivity index (χ0) is 14.0. The van der Waals surface area contributed by atoms with E-state index >= 15 is 0 Å². The minimum atomic E-state index is -0.503. The first kappa shape index (κ1) is 14.0. The lowest BCUT2D eigenvalue weighted by Gasteiger charge is -2.49. The molecule has 0 aliphatic heterocycles. The molecule has 5 nitrogen and oxygen atoms in total. The van der Waals surface area contributed by atoms with E-state index in [1.165, 1.54) is 5.57 Å². The van der Waals surface area contributed by atoms with Gasteiger partial charge in [-0.1, -0.05) is 18.6 Å². The van der Waals surface area contributed by atoms with Gasteiger partial charge in [0.05, 0.1) is 18.4 Å². The quantitative estimate of drug-likeness (QED) is 0.321. The summed E-state index contributed by atoms with van der Waals surface area (Å²) < 4.78 is 4.97. The van der Waals surface area contributed by atoms with E-state index in [0.717, 1.165) is 19.3 Å². The second-order valence-corrected chi connectivity index (χ2v) is 5.71. The summed E-state index contributed by atoms with van der Waals surface area (Å²) >= 11 is 0. The maximum Gasteiger partial charge on any atom is 0.306 e. The SMILES string of the molecule is CCOC(=O)CC1(C[N+](=O)[O-])C[C@H]2CC(CC)=C[C@H]21. The highest BCUT2D eigenvalue weighted by atomic mass is 16.6. The second-order valence-electron chi connectivity index (χ2n) is 5.71. The zero-order valence-corrected chi connectivity index (χ0v) is 11.6. The van der Waals surface area contributed by atoms with Gasteiger partial charge >= 0.3 is 5.97 Å². The zero-order valence-electron chi connectivity index (χ0n) is 11.6. The summed E-state index contributed by atoms with van der Waals surface area (Å²) in [5.41, 5.74) is 0.876. The monoisotopic (exact) mass is 267 g/mol. The van der Waals surface area contributed by atoms with Gasteiger partial charge in [-0.2, -0.15) is 0 Å². The fourth-order valence-electron chi connectivity index (χ4n) is 3.73. The van der Waals surface area contributed by atoms with Gasteiger partial charge in [0.15, 0.2) is 0 Å². The second kappa shape index (κ2) is 5.31. The maximum absolute atomic E-state index is 11.7. The molecular formula is C14H21NO4. The van der Waals surface area contributed by atoms with E-state index in [-0.39, 0.29) is 29.8 Å². The summed E-state index contributed by atoms with van der Waals surface area (Å²) in [6.07, 6.45) is 5.18. The summed E-state index contributed by atoms with van der Waals surface area (Å²) in [7, 11) is 0. The Balaban J connectivity index is 2.12. The molecule has 2 aliphatic rings. The number of allylic oxidation sites excluding steroid dienone is 2. The summed E-state index contributed by atoms with van der Waals surface area (Å²) in [5, 5.41) is 10.9. The predicted molar refractivity (Wildman–Crippen MR) is 70.1 cm³/mol. The molecule has 0 saturated heterocycles. The van der Waals surface area contributed by atoms with Crippen molar-refractivity contribution >= 4 is 5.97 Å². The number of fused-ring (bicyclic) bond motifs is 1. The van der Waals surface area contributed by atoms with Gasteiger partial charge < -0.3 is 4.74 Å². The molecule has 2 rings (SSSR count). The van der Waals surface area contributed by atoms with Gasteiger partial charge in [-0.25, -0.2) is 0 Å². The number of hydrogen-bond acceptors (Lipinski definition) is 4. The van der Waals surface area contributed by atoms with Crippen LogP contribution in [0, 0.1) is 27.4 Å². The number of ether oxygens (including phenoxy) is 1. The summed E-state index contributed by atoms with van der Waals surface area (Å²) in [4.78, 5) is 22.3. The normalized spacial score (nSPS) is 32.2. The van der Waals surface area contributed by atoms with Gasteiger partial charge in [-0.3, -0.25) is 14.9 Å². The number of carbonyl (C=O) groups is 1. The van der Waals surface area contributed by atoms with Gasteiger partial charge in [-0.15, -0.1) is 0 Å². The number of nitro groups is 1. The van der Waals surface area contributed by atoms with Gasteiger partial charge in [0.2, 0.25) is 6.54 Å². The molecule has 0 aromatic heterocycles. The molecule has 1 fully saturated rings. The highest BCUT2D eigenvalue weighted by molar-refractivity contribution is 5.70. The van der Waals surface area contributed by atoms with Crippen LogP contribution in [0.3, 0.4) is 0 Å². The molecule has 0 aromatic carbocycles. The van der Waals surface area contributed by atoms with Crippen molar-refractivity contribution in [3.8, 4) is 0 Å². The topological polar surface area (TPSA) is 69.4 Å². The molecular weight excluding hydrogens is 246 g/mol. The Hall–Kier alpha value is -1.39. The number of nitrogens with zero attached hydrogens (tertiary/aromatic N) is 1. The third-order valence-corrected chi connectivity index (χ3v) is 4.52. The Labute approximate surface area is 113 Å². The standard InChI is InChI=1S/C14H21NO4/c1-3-10-5-11-7-14(9-15(17)18,12(11)6-10)8-13(16)19-4-2/h6,11-12H,3-5,7-9H2,1-2H3/t11-,12-,14?/m1/s1. The van der Waals surface area contributed by atoms with Crippen molar-refractivity contribution in [3.63, 3.8) is 0 Å². The molecule has 1 unspecified atom stereocenters. The minimum absolute atomic E-state index is 0.125. The smallest absolute Gasteiger partial charge is 0.306 e. The van der Waals surface area contributed by atoms with Crippen LogP contribution in [0.4, 0.5) is 0 Å². The van der Waals surface area contributed by atoms with Gasteiger partial charge in [0.1, 0.15) is 0 Å². The van der Waals surface area contributed by atoms with Crippen LogP contribution in [0.5, 0.6) is 0 Å². The predicted octanol–water partition coefficient (Wildman–Crippen LogP) is 2.58. The average molecular weight is 267 g/mol. The van der Waals surface area contributed by atoms with Crippen LogP contribution in [-0.4, -0.2) is 24.0 Å². The molecule has 0 heterocycles. The van der Waals surface area contributed by atoms with E-state index in [9.17, 15) is 14.9 Å². The molecule has 1 saturated carbocycles. The first-order chi connectivity index (χ1) is 9.00. The van der Waals surface area contributed by atoms with E-state index in [2.05, 4.69) is 13.0 Å². The molecule has 5 heteroatoms. The molecule has 2 aliphatic carbocycles. The molecule has 19 heavy (non-hydrogen) atoms. The Morgan fingerprint density at radius 3 is 2.89 bits per heavy atom. The van der Waals surface area contributed by atoms with Crippen LogP contribution in [0.1, 0.15) is 39.5 Å². The van der Waals surface area contributed by atoms with Crippen LogP contribution in [-0.2, 0) is 9.53 Å². The van der Waals surface area contributed by atoms with E-state index in [0.29, 0.717) is 12.5 Å². The van der Waals surface area contributed by atoms with Crippen molar-refractivity contribution in [2.24, 2.45) is 17.3 Å². The summed E-state index contributed by atoms with van der Waals surface area (Å²) in [6.45, 7) is 4.07. The largest absolute Gasteiger partial charge is 0.466 e. The van der Waals surface area contributed by atoms with Crippen molar-refractivity contribution in [1.29, 1.82) is 0 Å². The van der Waals surface area contributed by atoms with Crippen LogP contribution >= 0.6 is 0 Å². The van der Waals surface area contributed by atoms with Gasteiger partial charge in [0, 0.05) is 4.92 Å². The van der Waals surface area contributed by atoms with E-state index in [1.807, 2.05) is 0 Å². The number of hydrogen-bond donors (Lipinski definition) is 0. The lowest BCUT2D eigenvalue weighted by atomic mass is 9.53. The number of carbonyl (C=O) groups excluding carboxylic acids is 1. The van der Waals surface area contributed by atoms with Crippen molar-refractivity contribution in [2.45, 2.75) is 39.5 Å². The molecule has 0 N–H and O–H groups in total. The fraction of sp³-hybridized carbons (Fsp3) is 0.786. The Morgan fingerprint density at radius 1 is 1.58 bits per heavy atom. The summed E-state index contributed by atoms with van der Waals surface area (Å²) in [5.74, 6) is 0.391. The lowest BCUT2D eigenvalue weighted by Crippen LogP contribution is -2.51. The highest BCUT2D eigenvalue weighted by Gasteiger charge is 2.58. The Morgan fingerprint density at radius 2 is 2.32 bits per heavy atom. The number of esters is 1. The van der Waals surface area contributed by atoms with Crippen molar-refractivity contribution in [1.82, 2.24) is 0 Å². The van der Waals surface area contributed by atoms with Crippen LogP contribution < -0.4 is 0 Å². The molecule has 3 atom stereocenters. The molecule has 106 valence electrons. The Bertz CT molecular complexity index is 418. The minimum Gasteiger partial charge on any atom is -0.466 e. The Kier molecular flexibility index (Phi) is 3.92. The van der Waals surface area contributed by atoms with Gasteiger partial charge in [0.25, 0.3) is 0 Å². The third kappa shape index (κ3) is 2.65. The fourth-order valence-corrected chi connectivity index (χ4v) is 3.73. The first-order valence-electron chi connectivity index (χ1n) is 6.97. The van der Waals surface area contributed by atoms with Crippen LogP contribution in [0.2, 0.25) is 0 Å². The van der Waals surface area contributed by atoms with Crippen molar-refractivity contribution < 1.29 is 14.5 Å². The first-order valence-corrected chi connectivity index (χ1v) is 6.97.